The fourth-order valence-electron chi connectivity index (χ4n) is 2.76. The second-order valence-corrected chi connectivity index (χ2v) is 6.49. The van der Waals surface area contributed by atoms with Gasteiger partial charge in [-0.15, -0.1) is 13.8 Å². The Kier molecular flexibility index (Phi) is 7.64. The van der Waals surface area contributed by atoms with Crippen LogP contribution in [0.25, 0.3) is 0 Å². The van der Waals surface area contributed by atoms with E-state index in [9.17, 15) is 14.4 Å². The van der Waals surface area contributed by atoms with Crippen molar-refractivity contribution in [2.75, 3.05) is 7.05 Å². The van der Waals surface area contributed by atoms with Gasteiger partial charge in [0.25, 0.3) is 0 Å². The van der Waals surface area contributed by atoms with Gasteiger partial charge in [-0.05, 0) is 25.5 Å². The molecule has 0 aliphatic carbocycles. The summed E-state index contributed by atoms with van der Waals surface area (Å²) in [6, 6.07) is 7.40. The van der Waals surface area contributed by atoms with Crippen molar-refractivity contribution in [1.29, 1.82) is 0 Å². The molecule has 0 saturated heterocycles. The van der Waals surface area contributed by atoms with E-state index in [-0.39, 0.29) is 32.8 Å². The maximum atomic E-state index is 13.0. The van der Waals surface area contributed by atoms with Gasteiger partial charge in [-0.2, -0.15) is 0 Å². The normalized spacial score (nSPS) is 16.8. The topological polar surface area (TPSA) is 69.7 Å². The molecule has 2 rings (SSSR count). The summed E-state index contributed by atoms with van der Waals surface area (Å²) in [6.45, 7) is 7.43. The number of carbonyl (C=O) groups is 2. The molecule has 1 aliphatic heterocycles. The number of rotatable bonds is 4. The summed E-state index contributed by atoms with van der Waals surface area (Å²) in [5.41, 5.74) is 1.42. The molecule has 1 heterocycles. The summed E-state index contributed by atoms with van der Waals surface area (Å²) in [7, 11) is 1.65. The molecule has 1 aliphatic rings. The monoisotopic (exact) mass is 525 g/mol. The van der Waals surface area contributed by atoms with Crippen LogP contribution in [0.3, 0.4) is 0 Å². The van der Waals surface area contributed by atoms with Gasteiger partial charge < -0.3 is 20.6 Å². The van der Waals surface area contributed by atoms with Crippen molar-refractivity contribution >= 4 is 18.3 Å². The Bertz CT molecular complexity index is 701. The molecule has 1 aromatic rings. The van der Waals surface area contributed by atoms with Gasteiger partial charge in [0.05, 0.1) is 0 Å². The van der Waals surface area contributed by atoms with E-state index in [0.717, 1.165) is 11.5 Å². The molecule has 0 fully saturated rings. The summed E-state index contributed by atoms with van der Waals surface area (Å²) >= 11 is 0. The van der Waals surface area contributed by atoms with Gasteiger partial charge in [0, 0.05) is 13.1 Å². The zero-order valence-electron chi connectivity index (χ0n) is 15.6. The van der Waals surface area contributed by atoms with Crippen LogP contribution in [-0.2, 0) is 25.9 Å². The summed E-state index contributed by atoms with van der Waals surface area (Å²) < 4.78 is 0. The molecular formula is C19H23N3O3W. The first kappa shape index (κ1) is 22.0. The quantitative estimate of drug-likeness (QED) is 0.615. The number of imide groups is 1. The van der Waals surface area contributed by atoms with Crippen molar-refractivity contribution in [3.8, 4) is 0 Å². The molecule has 26 heavy (non-hydrogen) atoms. The largest absolute Gasteiger partial charge is 2.00 e. The summed E-state index contributed by atoms with van der Waals surface area (Å²) in [4.78, 5) is 39.6. The molecule has 1 N–H and O–H groups in total. The predicted octanol–water partition coefficient (Wildman–Crippen LogP) is 3.19. The van der Waals surface area contributed by atoms with Crippen molar-refractivity contribution < 1.29 is 35.4 Å². The number of hydrogen-bond donors (Lipinski definition) is 1. The van der Waals surface area contributed by atoms with Crippen LogP contribution >= 0.6 is 0 Å². The second-order valence-electron chi connectivity index (χ2n) is 6.49. The van der Waals surface area contributed by atoms with Gasteiger partial charge in [0.1, 0.15) is 0 Å². The standard InChI is InChI=1S/C19H23N3O3.W/c1-12(2)16-15(11-23)20-18(24)22(19(25)21(5)13(3)4)17(16)14-9-7-6-8-10-14;/h6-10,13,17H,1-5H3,(H,20,24);/q-2;+2. The van der Waals surface area contributed by atoms with Gasteiger partial charge in [0.15, 0.2) is 0 Å². The zero-order valence-corrected chi connectivity index (χ0v) is 18.5. The third kappa shape index (κ3) is 4.18. The van der Waals surface area contributed by atoms with Gasteiger partial charge in [-0.3, -0.25) is 10.8 Å². The van der Waals surface area contributed by atoms with Crippen LogP contribution in [0.5, 0.6) is 0 Å². The molecule has 0 bridgehead atoms. The number of nitrogens with zero attached hydrogens (tertiary/aromatic N) is 2. The van der Waals surface area contributed by atoms with Gasteiger partial charge >= 0.3 is 33.1 Å². The Hall–Kier alpha value is -2.07. The molecule has 1 atom stereocenters. The summed E-state index contributed by atoms with van der Waals surface area (Å²) in [6.07, 6.45) is 1.80. The first-order chi connectivity index (χ1) is 11.8. The molecule has 0 aromatic heterocycles. The minimum atomic E-state index is -0.676. The maximum Gasteiger partial charge on any atom is 2.00 e. The molecule has 7 heteroatoms. The first-order valence-electron chi connectivity index (χ1n) is 8.14. The van der Waals surface area contributed by atoms with E-state index in [4.69, 9.17) is 0 Å². The number of nitrogens with one attached hydrogen (secondary N) is 1. The fourth-order valence-corrected chi connectivity index (χ4v) is 2.76. The summed E-state index contributed by atoms with van der Waals surface area (Å²) in [5.74, 6) is 0.831. The SMILES string of the molecule is C[C-](C)C1=C([C-]=O)NC(=O)N(C(=O)N(C)C(C)C)C1c1ccccc1.[W+2]. The maximum absolute atomic E-state index is 13.0. The van der Waals surface area contributed by atoms with Crippen LogP contribution in [0.4, 0.5) is 9.59 Å². The van der Waals surface area contributed by atoms with E-state index >= 15 is 0 Å². The third-order valence-electron chi connectivity index (χ3n) is 4.29. The number of amides is 4. The smallest absolute Gasteiger partial charge is 0.438 e. The fraction of sp³-hybridized carbons (Fsp3) is 0.368. The van der Waals surface area contributed by atoms with Crippen LogP contribution in [0, 0.1) is 5.92 Å². The number of carbonyl (C=O) groups excluding carboxylic acids is 3. The molecule has 0 spiro atoms. The number of benzene rings is 1. The molecule has 0 saturated carbocycles. The van der Waals surface area contributed by atoms with Crippen LogP contribution in [0.15, 0.2) is 41.6 Å². The van der Waals surface area contributed by atoms with E-state index in [0.29, 0.717) is 5.57 Å². The minimum Gasteiger partial charge on any atom is -0.438 e. The Morgan fingerprint density at radius 1 is 1.27 bits per heavy atom. The predicted molar refractivity (Wildman–Crippen MR) is 95.2 cm³/mol. The van der Waals surface area contributed by atoms with Crippen LogP contribution in [0.1, 0.15) is 39.3 Å². The van der Waals surface area contributed by atoms with Crippen molar-refractivity contribution in [2.45, 2.75) is 39.8 Å². The van der Waals surface area contributed by atoms with Crippen molar-refractivity contribution in [2.24, 2.45) is 0 Å². The second kappa shape index (κ2) is 9.04. The van der Waals surface area contributed by atoms with Crippen LogP contribution < -0.4 is 5.32 Å². The molecular weight excluding hydrogens is 502 g/mol. The zero-order chi connectivity index (χ0) is 18.7. The molecule has 0 radical (unpaired) electrons. The number of urea groups is 2. The summed E-state index contributed by atoms with van der Waals surface area (Å²) in [5, 5.41) is 2.50. The van der Waals surface area contributed by atoms with E-state index in [1.54, 1.807) is 13.3 Å². The average molecular weight is 525 g/mol. The average Bonchev–Trinajstić information content (AvgIpc) is 2.59. The number of hydrogen-bond acceptors (Lipinski definition) is 3. The van der Waals surface area contributed by atoms with Gasteiger partial charge in [-0.25, -0.2) is 15.3 Å². The van der Waals surface area contributed by atoms with Crippen LogP contribution in [-0.4, -0.2) is 41.2 Å². The van der Waals surface area contributed by atoms with Crippen molar-refractivity contribution in [1.82, 2.24) is 15.1 Å². The van der Waals surface area contributed by atoms with Crippen molar-refractivity contribution in [3.05, 3.63) is 53.1 Å². The van der Waals surface area contributed by atoms with E-state index < -0.39 is 18.1 Å². The molecule has 1 aromatic carbocycles. The van der Waals surface area contributed by atoms with E-state index in [2.05, 4.69) is 5.32 Å². The van der Waals surface area contributed by atoms with Crippen LogP contribution in [0.2, 0.25) is 0 Å². The van der Waals surface area contributed by atoms with E-state index in [1.165, 1.54) is 9.80 Å². The molecule has 6 nitrogen and oxygen atoms in total. The molecule has 4 amide bonds. The Morgan fingerprint density at radius 3 is 2.31 bits per heavy atom. The van der Waals surface area contributed by atoms with E-state index in [1.807, 2.05) is 58.0 Å². The Balaban J connectivity index is 0.00000338. The molecule has 138 valence electrons. The van der Waals surface area contributed by atoms with Gasteiger partial charge in [0.2, 0.25) is 0 Å². The van der Waals surface area contributed by atoms with Gasteiger partial charge in [-0.1, -0.05) is 36.6 Å². The molecule has 1 unspecified atom stereocenters. The number of allylic oxidation sites excluding steroid dienone is 1. The first-order valence-corrected chi connectivity index (χ1v) is 8.14. The minimum absolute atomic E-state index is 0. The third-order valence-corrected chi connectivity index (χ3v) is 4.29. The Labute approximate surface area is 168 Å². The Morgan fingerprint density at radius 2 is 1.85 bits per heavy atom. The van der Waals surface area contributed by atoms with Crippen molar-refractivity contribution in [3.63, 3.8) is 0 Å².